The highest BCUT2D eigenvalue weighted by Gasteiger charge is 2.22. The second kappa shape index (κ2) is 13.0. The first-order chi connectivity index (χ1) is 19.5. The second-order valence-electron chi connectivity index (χ2n) is 10.9. The predicted molar refractivity (Wildman–Crippen MR) is 160 cm³/mol. The van der Waals surface area contributed by atoms with Crippen LogP contribution in [-0.4, -0.2) is 64.5 Å². The molecule has 2 amide bonds. The smallest absolute Gasteiger partial charge is 0.248 e. The van der Waals surface area contributed by atoms with Crippen molar-refractivity contribution in [3.05, 3.63) is 89.2 Å². The average molecular weight is 558 g/mol. The van der Waals surface area contributed by atoms with E-state index in [9.17, 15) is 14.7 Å². The molecule has 0 aliphatic rings. The molecule has 4 N–H and O–H groups in total. The third-order valence-electron chi connectivity index (χ3n) is 6.80. The molecule has 2 heterocycles. The van der Waals surface area contributed by atoms with Crippen LogP contribution in [0, 0.1) is 0 Å². The molecule has 1 unspecified atom stereocenters. The van der Waals surface area contributed by atoms with Crippen LogP contribution in [-0.2, 0) is 11.2 Å². The lowest BCUT2D eigenvalue weighted by Crippen LogP contribution is -2.36. The van der Waals surface area contributed by atoms with E-state index in [1.54, 1.807) is 24.0 Å². The lowest BCUT2D eigenvalue weighted by molar-refractivity contribution is -0.121. The van der Waals surface area contributed by atoms with Gasteiger partial charge in [-0.05, 0) is 76.7 Å². The molecule has 216 valence electrons. The Morgan fingerprint density at radius 2 is 1.80 bits per heavy atom. The van der Waals surface area contributed by atoms with Crippen LogP contribution in [0.1, 0.15) is 59.8 Å². The third kappa shape index (κ3) is 7.50. The summed E-state index contributed by atoms with van der Waals surface area (Å²) in [4.78, 5) is 31.5. The van der Waals surface area contributed by atoms with Gasteiger partial charge in [-0.25, -0.2) is 4.98 Å². The number of hydrogen-bond donors (Lipinski definition) is 3. The number of hydrogen-bond acceptors (Lipinski definition) is 6. The van der Waals surface area contributed by atoms with Crippen molar-refractivity contribution in [2.75, 3.05) is 27.2 Å². The Morgan fingerprint density at radius 1 is 1.07 bits per heavy atom. The molecule has 2 aromatic heterocycles. The van der Waals surface area contributed by atoms with Gasteiger partial charge >= 0.3 is 0 Å². The molecule has 9 nitrogen and oxygen atoms in total. The number of amides is 2. The van der Waals surface area contributed by atoms with Gasteiger partial charge in [-0.2, -0.15) is 0 Å². The van der Waals surface area contributed by atoms with Crippen molar-refractivity contribution in [1.82, 2.24) is 19.6 Å². The standard InChI is InChI=1S/C32H39N5O4/c1-20(2)41-25-12-13-27(31(33)40)28(16-25)24(17-34-30(39)19-36(4)5)15-22-8-10-23(11-9-22)29-18-37-14-6-7-26(21(3)38)32(37)35-29/h6-14,16,18,20-21,24,38H,15,17,19H2,1-5H3,(H2,33,40)(H,34,39)/t21?,24-/m1/s1. The van der Waals surface area contributed by atoms with Crippen molar-refractivity contribution in [1.29, 1.82) is 0 Å². The minimum absolute atomic E-state index is 0.0376. The number of rotatable bonds is 12. The number of fused-ring (bicyclic) bond motifs is 1. The first kappa shape index (κ1) is 29.8. The van der Waals surface area contributed by atoms with E-state index in [-0.39, 0.29) is 24.5 Å². The number of nitrogens with two attached hydrogens (primary N) is 1. The molecule has 4 rings (SSSR count). The molecule has 9 heteroatoms. The summed E-state index contributed by atoms with van der Waals surface area (Å²) in [5.41, 5.74) is 11.2. The van der Waals surface area contributed by atoms with Gasteiger partial charge in [-0.3, -0.25) is 9.59 Å². The summed E-state index contributed by atoms with van der Waals surface area (Å²) < 4.78 is 7.82. The molecule has 0 aliphatic heterocycles. The van der Waals surface area contributed by atoms with Crippen molar-refractivity contribution < 1.29 is 19.4 Å². The highest BCUT2D eigenvalue weighted by Crippen LogP contribution is 2.30. The Bertz CT molecular complexity index is 1510. The van der Waals surface area contributed by atoms with Gasteiger partial charge in [0.1, 0.15) is 11.4 Å². The molecular formula is C32H39N5O4. The van der Waals surface area contributed by atoms with Crippen LogP contribution in [0.25, 0.3) is 16.9 Å². The van der Waals surface area contributed by atoms with Crippen molar-refractivity contribution in [2.24, 2.45) is 5.73 Å². The number of aliphatic hydroxyl groups excluding tert-OH is 1. The summed E-state index contributed by atoms with van der Waals surface area (Å²) in [6.45, 7) is 6.20. The molecule has 4 aromatic rings. The molecule has 0 saturated heterocycles. The largest absolute Gasteiger partial charge is 0.491 e. The maximum absolute atomic E-state index is 12.5. The number of imidazole rings is 1. The Labute approximate surface area is 241 Å². The highest BCUT2D eigenvalue weighted by atomic mass is 16.5. The van der Waals surface area contributed by atoms with Gasteiger partial charge in [-0.1, -0.05) is 30.3 Å². The van der Waals surface area contributed by atoms with E-state index in [4.69, 9.17) is 15.5 Å². The highest BCUT2D eigenvalue weighted by molar-refractivity contribution is 5.94. The number of pyridine rings is 1. The van der Waals surface area contributed by atoms with E-state index in [1.807, 2.05) is 87.2 Å². The van der Waals surface area contributed by atoms with Crippen LogP contribution < -0.4 is 15.8 Å². The number of carbonyl (C=O) groups is 2. The molecule has 0 spiro atoms. The van der Waals surface area contributed by atoms with Crippen LogP contribution in [0.3, 0.4) is 0 Å². The Kier molecular flexibility index (Phi) is 9.42. The fourth-order valence-corrected chi connectivity index (χ4v) is 4.92. The zero-order chi connectivity index (χ0) is 29.7. The molecular weight excluding hydrogens is 518 g/mol. The number of benzene rings is 2. The monoisotopic (exact) mass is 557 g/mol. The van der Waals surface area contributed by atoms with Crippen LogP contribution in [0.5, 0.6) is 5.75 Å². The third-order valence-corrected chi connectivity index (χ3v) is 6.80. The zero-order valence-corrected chi connectivity index (χ0v) is 24.3. The number of aliphatic hydroxyl groups is 1. The fraction of sp³-hybridized carbons (Fsp3) is 0.344. The summed E-state index contributed by atoms with van der Waals surface area (Å²) in [6.07, 6.45) is 3.75. The van der Waals surface area contributed by atoms with Crippen molar-refractivity contribution in [3.63, 3.8) is 0 Å². The maximum Gasteiger partial charge on any atom is 0.248 e. The molecule has 2 aromatic carbocycles. The molecule has 2 atom stereocenters. The number of ether oxygens (including phenoxy) is 1. The topological polar surface area (TPSA) is 122 Å². The SMILES string of the molecule is CC(C)Oc1ccc(C(N)=O)c([C@@H](CNC(=O)CN(C)C)Cc2ccc(-c3cn4cccc(C(C)O)c4n3)cc2)c1. The van der Waals surface area contributed by atoms with Crippen molar-refractivity contribution in [3.8, 4) is 17.0 Å². The van der Waals surface area contributed by atoms with Gasteiger partial charge in [0.15, 0.2) is 0 Å². The molecule has 0 radical (unpaired) electrons. The predicted octanol–water partition coefficient (Wildman–Crippen LogP) is 3.94. The Balaban J connectivity index is 1.64. The summed E-state index contributed by atoms with van der Waals surface area (Å²) in [7, 11) is 3.68. The van der Waals surface area contributed by atoms with Gasteiger partial charge in [0, 0.05) is 41.5 Å². The van der Waals surface area contributed by atoms with Crippen molar-refractivity contribution in [2.45, 2.75) is 45.3 Å². The van der Waals surface area contributed by atoms with E-state index < -0.39 is 12.0 Å². The van der Waals surface area contributed by atoms with Crippen LogP contribution in [0.2, 0.25) is 0 Å². The minimum Gasteiger partial charge on any atom is -0.491 e. The number of aromatic nitrogens is 2. The minimum atomic E-state index is -0.624. The first-order valence-electron chi connectivity index (χ1n) is 13.8. The van der Waals surface area contributed by atoms with E-state index in [1.165, 1.54) is 0 Å². The Hall–Kier alpha value is -4.21. The van der Waals surface area contributed by atoms with Gasteiger partial charge in [0.25, 0.3) is 0 Å². The maximum atomic E-state index is 12.5. The van der Waals surface area contributed by atoms with E-state index in [0.29, 0.717) is 24.3 Å². The zero-order valence-electron chi connectivity index (χ0n) is 24.3. The lowest BCUT2D eigenvalue weighted by Gasteiger charge is -2.22. The first-order valence-corrected chi connectivity index (χ1v) is 13.8. The molecule has 41 heavy (non-hydrogen) atoms. The normalized spacial score (nSPS) is 13.0. The van der Waals surface area contributed by atoms with Crippen molar-refractivity contribution >= 4 is 17.5 Å². The molecule has 0 fully saturated rings. The summed E-state index contributed by atoms with van der Waals surface area (Å²) >= 11 is 0. The lowest BCUT2D eigenvalue weighted by atomic mass is 9.87. The number of nitrogens with one attached hydrogen (secondary N) is 1. The van der Waals surface area contributed by atoms with E-state index in [2.05, 4.69) is 5.32 Å². The number of likely N-dealkylation sites (N-methyl/N-ethyl adjacent to an activating group) is 1. The molecule has 0 saturated carbocycles. The van der Waals surface area contributed by atoms with Crippen LogP contribution in [0.4, 0.5) is 0 Å². The number of carbonyl (C=O) groups excluding carboxylic acids is 2. The van der Waals surface area contributed by atoms with Gasteiger partial charge < -0.3 is 30.2 Å². The van der Waals surface area contributed by atoms with Gasteiger partial charge in [0.05, 0.1) is 24.4 Å². The Morgan fingerprint density at radius 3 is 2.44 bits per heavy atom. The molecule has 0 bridgehead atoms. The quantitative estimate of drug-likeness (QED) is 0.243. The average Bonchev–Trinajstić information content (AvgIpc) is 3.35. The summed E-state index contributed by atoms with van der Waals surface area (Å²) in [5.74, 6) is -0.217. The van der Waals surface area contributed by atoms with Crippen LogP contribution >= 0.6 is 0 Å². The molecule has 0 aliphatic carbocycles. The number of nitrogens with zero attached hydrogens (tertiary/aromatic N) is 3. The van der Waals surface area contributed by atoms with E-state index in [0.717, 1.165) is 33.6 Å². The second-order valence-corrected chi connectivity index (χ2v) is 10.9. The summed E-state index contributed by atoms with van der Waals surface area (Å²) in [5, 5.41) is 13.2. The van der Waals surface area contributed by atoms with Gasteiger partial charge in [0.2, 0.25) is 11.8 Å². The number of primary amides is 1. The van der Waals surface area contributed by atoms with E-state index >= 15 is 0 Å². The summed E-state index contributed by atoms with van der Waals surface area (Å²) in [6, 6.07) is 17.1. The van der Waals surface area contributed by atoms with Crippen LogP contribution in [0.15, 0.2) is 67.0 Å². The fourth-order valence-electron chi connectivity index (χ4n) is 4.92. The van der Waals surface area contributed by atoms with Gasteiger partial charge in [-0.15, -0.1) is 0 Å².